The molecule has 0 atom stereocenters. The van der Waals surface area contributed by atoms with Crippen molar-refractivity contribution in [3.05, 3.63) is 99.2 Å². The zero-order valence-electron chi connectivity index (χ0n) is 22.6. The molecule has 0 saturated carbocycles. The number of amides is 1. The van der Waals surface area contributed by atoms with Gasteiger partial charge in [-0.1, -0.05) is 36.4 Å². The summed E-state index contributed by atoms with van der Waals surface area (Å²) >= 11 is 0. The van der Waals surface area contributed by atoms with E-state index in [1.807, 2.05) is 6.07 Å². The van der Waals surface area contributed by atoms with Crippen LogP contribution in [0.2, 0.25) is 0 Å². The van der Waals surface area contributed by atoms with Crippen molar-refractivity contribution in [1.29, 1.82) is 0 Å². The molecule has 210 valence electrons. The topological polar surface area (TPSA) is 138 Å². The highest BCUT2D eigenvalue weighted by Gasteiger charge is 2.21. The van der Waals surface area contributed by atoms with Gasteiger partial charge in [0.2, 0.25) is 0 Å². The summed E-state index contributed by atoms with van der Waals surface area (Å²) in [6.07, 6.45) is 0. The Morgan fingerprint density at radius 3 is 2.02 bits per heavy atom. The van der Waals surface area contributed by atoms with E-state index in [-0.39, 0.29) is 52.0 Å². The number of anilines is 1. The Balaban J connectivity index is 1.56. The average Bonchev–Trinajstić information content (AvgIpc) is 2.98. The fourth-order valence-electron chi connectivity index (χ4n) is 4.11. The normalized spacial score (nSPS) is 10.6. The Labute approximate surface area is 234 Å². The number of fused-ring (bicyclic) bond motifs is 1. The monoisotopic (exact) mass is 557 g/mol. The van der Waals surface area contributed by atoms with E-state index < -0.39 is 30.4 Å². The van der Waals surface area contributed by atoms with Gasteiger partial charge in [-0.2, -0.15) is 0 Å². The van der Waals surface area contributed by atoms with Crippen LogP contribution in [-0.2, 0) is 19.0 Å². The standard InChI is InChI=1S/C31H27NO9/c1-4-38-29(35)20-14-21(30(36)39-5-2)16-22(15-20)32-25(33)17-40-31(37)24-13-9-12-23-26(34)18(3)27(41-28(23)24)19-10-7-6-8-11-19/h6-16H,4-5,17H2,1-3H3,(H,32,33). The Bertz CT molecular complexity index is 1650. The molecule has 4 aromatic rings. The van der Waals surface area contributed by atoms with E-state index in [0.29, 0.717) is 16.9 Å². The second-order valence-electron chi connectivity index (χ2n) is 8.80. The molecule has 4 rings (SSSR count). The zero-order valence-corrected chi connectivity index (χ0v) is 22.6. The summed E-state index contributed by atoms with van der Waals surface area (Å²) in [7, 11) is 0. The van der Waals surface area contributed by atoms with E-state index in [2.05, 4.69) is 5.32 Å². The van der Waals surface area contributed by atoms with Gasteiger partial charge >= 0.3 is 17.9 Å². The zero-order chi connectivity index (χ0) is 29.5. The van der Waals surface area contributed by atoms with Crippen LogP contribution < -0.4 is 10.7 Å². The molecule has 1 amide bonds. The first-order chi connectivity index (χ1) is 19.7. The van der Waals surface area contributed by atoms with Crippen molar-refractivity contribution in [3.63, 3.8) is 0 Å². The predicted molar refractivity (Wildman–Crippen MR) is 150 cm³/mol. The van der Waals surface area contributed by atoms with Crippen LogP contribution in [0.25, 0.3) is 22.3 Å². The fraction of sp³-hybridized carbons (Fsp3) is 0.194. The van der Waals surface area contributed by atoms with E-state index in [4.69, 9.17) is 18.6 Å². The number of rotatable bonds is 9. The van der Waals surface area contributed by atoms with Crippen LogP contribution in [0.4, 0.5) is 5.69 Å². The Hall–Kier alpha value is -5.25. The van der Waals surface area contributed by atoms with Gasteiger partial charge in [-0.3, -0.25) is 9.59 Å². The summed E-state index contributed by atoms with van der Waals surface area (Å²) in [4.78, 5) is 63.3. The van der Waals surface area contributed by atoms with E-state index in [9.17, 15) is 24.0 Å². The molecule has 0 saturated heterocycles. The first-order valence-corrected chi connectivity index (χ1v) is 12.8. The summed E-state index contributed by atoms with van der Waals surface area (Å²) in [5.74, 6) is -2.69. The van der Waals surface area contributed by atoms with E-state index in [1.165, 1.54) is 30.3 Å². The highest BCUT2D eigenvalue weighted by Crippen LogP contribution is 2.27. The molecule has 0 spiro atoms. The first kappa shape index (κ1) is 28.8. The minimum absolute atomic E-state index is 0.0278. The molecule has 0 radical (unpaired) electrons. The van der Waals surface area contributed by atoms with E-state index in [0.717, 1.165) is 0 Å². The number of benzene rings is 3. The Kier molecular flexibility index (Phi) is 8.93. The van der Waals surface area contributed by atoms with Crippen LogP contribution in [-0.4, -0.2) is 43.6 Å². The van der Waals surface area contributed by atoms with Gasteiger partial charge < -0.3 is 23.9 Å². The second-order valence-corrected chi connectivity index (χ2v) is 8.80. The van der Waals surface area contributed by atoms with Crippen molar-refractivity contribution in [2.75, 3.05) is 25.1 Å². The van der Waals surface area contributed by atoms with Crippen LogP contribution in [0.15, 0.2) is 75.9 Å². The van der Waals surface area contributed by atoms with Crippen LogP contribution >= 0.6 is 0 Å². The van der Waals surface area contributed by atoms with E-state index >= 15 is 0 Å². The molecule has 0 aliphatic carbocycles. The van der Waals surface area contributed by atoms with Crippen LogP contribution in [0, 0.1) is 6.92 Å². The lowest BCUT2D eigenvalue weighted by atomic mass is 10.0. The molecule has 0 aliphatic heterocycles. The van der Waals surface area contributed by atoms with Crippen molar-refractivity contribution in [2.45, 2.75) is 20.8 Å². The van der Waals surface area contributed by atoms with Gasteiger partial charge in [-0.15, -0.1) is 0 Å². The van der Waals surface area contributed by atoms with Gasteiger partial charge in [-0.05, 0) is 51.1 Å². The molecule has 41 heavy (non-hydrogen) atoms. The Morgan fingerprint density at radius 1 is 0.780 bits per heavy atom. The maximum atomic E-state index is 13.1. The minimum Gasteiger partial charge on any atom is -0.462 e. The molecule has 3 aromatic carbocycles. The minimum atomic E-state index is -0.885. The lowest BCUT2D eigenvalue weighted by Crippen LogP contribution is -2.22. The number of ether oxygens (including phenoxy) is 3. The van der Waals surface area contributed by atoms with Crippen LogP contribution in [0.5, 0.6) is 0 Å². The largest absolute Gasteiger partial charge is 0.462 e. The van der Waals surface area contributed by atoms with Crippen molar-refractivity contribution in [3.8, 4) is 11.3 Å². The molecular formula is C31H27NO9. The maximum Gasteiger partial charge on any atom is 0.342 e. The van der Waals surface area contributed by atoms with Gasteiger partial charge in [0.25, 0.3) is 5.91 Å². The lowest BCUT2D eigenvalue weighted by molar-refractivity contribution is -0.119. The highest BCUT2D eigenvalue weighted by atomic mass is 16.5. The summed E-state index contributed by atoms with van der Waals surface area (Å²) < 4.78 is 21.2. The maximum absolute atomic E-state index is 13.1. The van der Waals surface area contributed by atoms with Crippen LogP contribution in [0.3, 0.4) is 0 Å². The fourth-order valence-corrected chi connectivity index (χ4v) is 4.11. The first-order valence-electron chi connectivity index (χ1n) is 12.8. The molecule has 0 fully saturated rings. The number of hydrogen-bond acceptors (Lipinski definition) is 9. The third-order valence-electron chi connectivity index (χ3n) is 5.97. The van der Waals surface area contributed by atoms with Crippen molar-refractivity contribution in [2.24, 2.45) is 0 Å². The second kappa shape index (κ2) is 12.7. The third kappa shape index (κ3) is 6.50. The van der Waals surface area contributed by atoms with Gasteiger partial charge in [0, 0.05) is 16.8 Å². The van der Waals surface area contributed by atoms with E-state index in [1.54, 1.807) is 51.1 Å². The summed E-state index contributed by atoms with van der Waals surface area (Å²) in [6.45, 7) is 4.44. The Morgan fingerprint density at radius 2 is 1.41 bits per heavy atom. The number of esters is 3. The molecule has 1 N–H and O–H groups in total. The van der Waals surface area contributed by atoms with Gasteiger partial charge in [0.15, 0.2) is 17.6 Å². The molecule has 1 heterocycles. The molecule has 10 nitrogen and oxygen atoms in total. The summed E-state index contributed by atoms with van der Waals surface area (Å²) in [6, 6.07) is 17.5. The van der Waals surface area contributed by atoms with Gasteiger partial charge in [-0.25, -0.2) is 14.4 Å². The molecule has 0 bridgehead atoms. The van der Waals surface area contributed by atoms with Crippen molar-refractivity contribution >= 4 is 40.5 Å². The number of hydrogen-bond donors (Lipinski definition) is 1. The average molecular weight is 558 g/mol. The summed E-state index contributed by atoms with van der Waals surface area (Å²) in [5, 5.41) is 2.70. The van der Waals surface area contributed by atoms with Crippen molar-refractivity contribution in [1.82, 2.24) is 0 Å². The number of carbonyl (C=O) groups is 4. The molecule has 0 unspecified atom stereocenters. The molecular weight excluding hydrogens is 530 g/mol. The van der Waals surface area contributed by atoms with Gasteiger partial charge in [0.05, 0.1) is 29.7 Å². The quantitative estimate of drug-likeness (QED) is 0.224. The smallest absolute Gasteiger partial charge is 0.342 e. The summed E-state index contributed by atoms with van der Waals surface area (Å²) in [5.41, 5.74) is 0.918. The SMILES string of the molecule is CCOC(=O)c1cc(NC(=O)COC(=O)c2cccc3c(=O)c(C)c(-c4ccccc4)oc23)cc(C(=O)OCC)c1. The molecule has 0 aliphatic rings. The third-order valence-corrected chi connectivity index (χ3v) is 5.97. The highest BCUT2D eigenvalue weighted by molar-refractivity contribution is 6.04. The number of carbonyl (C=O) groups excluding carboxylic acids is 4. The van der Waals surface area contributed by atoms with Crippen molar-refractivity contribution < 1.29 is 37.8 Å². The van der Waals surface area contributed by atoms with Gasteiger partial charge in [0.1, 0.15) is 11.3 Å². The number of para-hydroxylation sites is 1. The molecule has 10 heteroatoms. The number of nitrogens with one attached hydrogen (secondary N) is 1. The lowest BCUT2D eigenvalue weighted by Gasteiger charge is -2.12. The predicted octanol–water partition coefficient (Wildman–Crippen LogP) is 4.92. The van der Waals surface area contributed by atoms with Crippen LogP contribution in [0.1, 0.15) is 50.5 Å². The molecule has 1 aromatic heterocycles.